The number of hydrogen-bond acceptors (Lipinski definition) is 6. The van der Waals surface area contributed by atoms with Crippen LogP contribution in [0.15, 0.2) is 4.42 Å². The third kappa shape index (κ3) is 3.97. The first kappa shape index (κ1) is 17.8. The lowest BCUT2D eigenvalue weighted by Gasteiger charge is -2.28. The summed E-state index contributed by atoms with van der Waals surface area (Å²) in [5.41, 5.74) is 7.83. The zero-order valence-electron chi connectivity index (χ0n) is 14.1. The molecule has 2 aromatic rings. The number of anilines is 2. The predicted octanol–water partition coefficient (Wildman–Crippen LogP) is 2.66. The summed E-state index contributed by atoms with van der Waals surface area (Å²) in [7, 11) is 0. The van der Waals surface area contributed by atoms with Crippen LogP contribution in [-0.4, -0.2) is 42.3 Å². The highest BCUT2D eigenvalue weighted by atomic mass is 19.4. The number of nitrogens with zero attached hydrogens (tertiary/aromatic N) is 3. The van der Waals surface area contributed by atoms with E-state index in [4.69, 9.17) is 10.2 Å². The molecular formula is C16H22F3N5O. The number of nitrogens with one attached hydrogen (secondary N) is 1. The Balaban J connectivity index is 1.95. The molecule has 0 unspecified atom stereocenters. The van der Waals surface area contributed by atoms with Gasteiger partial charge in [-0.15, -0.1) is 0 Å². The molecule has 2 aromatic heterocycles. The van der Waals surface area contributed by atoms with E-state index in [-0.39, 0.29) is 18.8 Å². The Morgan fingerprint density at radius 3 is 2.60 bits per heavy atom. The normalized spacial score (nSPS) is 15.9. The summed E-state index contributed by atoms with van der Waals surface area (Å²) in [5, 5.41) is 3.26. The number of aromatic nitrogens is 2. The molecule has 3 N–H and O–H groups in total. The van der Waals surface area contributed by atoms with E-state index in [1.54, 1.807) is 0 Å². The maximum Gasteiger partial charge on any atom is 0.389 e. The van der Waals surface area contributed by atoms with Gasteiger partial charge in [-0.1, -0.05) is 6.92 Å². The van der Waals surface area contributed by atoms with Crippen LogP contribution in [-0.2, 0) is 12.8 Å². The van der Waals surface area contributed by atoms with Crippen molar-refractivity contribution in [3.8, 4) is 0 Å². The first-order valence-corrected chi connectivity index (χ1v) is 8.49. The van der Waals surface area contributed by atoms with Crippen molar-refractivity contribution in [3.63, 3.8) is 0 Å². The Morgan fingerprint density at radius 2 is 1.96 bits per heavy atom. The van der Waals surface area contributed by atoms with E-state index in [1.807, 2.05) is 6.92 Å². The maximum absolute atomic E-state index is 12.4. The summed E-state index contributed by atoms with van der Waals surface area (Å²) < 4.78 is 43.2. The largest absolute Gasteiger partial charge is 0.455 e. The summed E-state index contributed by atoms with van der Waals surface area (Å²) in [5.74, 6) is 1.33. The number of nitrogens with two attached hydrogens (primary N) is 1. The standard InChI is InChI=1S/C16H22F3N5O/c1-2-10-11(4-3-5-16(17,18)19)25-13-12(10)22-15(20)23-14(13)24-8-6-21-7-9-24/h21H,2-9H2,1H3,(H2,20,22,23). The molecule has 3 heterocycles. The molecule has 6 nitrogen and oxygen atoms in total. The molecule has 0 atom stereocenters. The first-order chi connectivity index (χ1) is 11.9. The van der Waals surface area contributed by atoms with Gasteiger partial charge in [0.2, 0.25) is 5.95 Å². The third-order valence-corrected chi connectivity index (χ3v) is 4.35. The smallest absolute Gasteiger partial charge is 0.389 e. The minimum atomic E-state index is -4.16. The minimum Gasteiger partial charge on any atom is -0.455 e. The molecular weight excluding hydrogens is 335 g/mol. The van der Waals surface area contributed by atoms with Crippen molar-refractivity contribution < 1.29 is 17.6 Å². The van der Waals surface area contributed by atoms with Crippen LogP contribution in [0.5, 0.6) is 0 Å². The number of halogens is 3. The molecule has 138 valence electrons. The molecule has 25 heavy (non-hydrogen) atoms. The summed E-state index contributed by atoms with van der Waals surface area (Å²) in [4.78, 5) is 10.7. The van der Waals surface area contributed by atoms with Gasteiger partial charge < -0.3 is 20.4 Å². The van der Waals surface area contributed by atoms with Gasteiger partial charge in [-0.05, 0) is 12.8 Å². The van der Waals surface area contributed by atoms with Crippen molar-refractivity contribution in [2.24, 2.45) is 0 Å². The Labute approximate surface area is 143 Å². The minimum absolute atomic E-state index is 0.0117. The fraction of sp³-hybridized carbons (Fsp3) is 0.625. The molecule has 3 rings (SSSR count). The van der Waals surface area contributed by atoms with Crippen LogP contribution in [0.2, 0.25) is 0 Å². The summed E-state index contributed by atoms with van der Waals surface area (Å²) in [6.45, 7) is 5.10. The molecule has 1 aliphatic heterocycles. The lowest BCUT2D eigenvalue weighted by atomic mass is 10.1. The average Bonchev–Trinajstić information content (AvgIpc) is 2.91. The molecule has 0 radical (unpaired) electrons. The molecule has 0 bridgehead atoms. The maximum atomic E-state index is 12.4. The monoisotopic (exact) mass is 357 g/mol. The molecule has 1 saturated heterocycles. The summed E-state index contributed by atoms with van der Waals surface area (Å²) in [6, 6.07) is 0. The number of piperazine rings is 1. The average molecular weight is 357 g/mol. The van der Waals surface area contributed by atoms with Gasteiger partial charge in [-0.3, -0.25) is 0 Å². The van der Waals surface area contributed by atoms with E-state index < -0.39 is 12.6 Å². The molecule has 0 aromatic carbocycles. The van der Waals surface area contributed by atoms with Crippen molar-refractivity contribution in [2.45, 2.75) is 38.8 Å². The molecule has 1 aliphatic rings. The second-order valence-electron chi connectivity index (χ2n) is 6.15. The molecule has 1 fully saturated rings. The zero-order chi connectivity index (χ0) is 18.0. The Kier molecular flexibility index (Phi) is 5.03. The SMILES string of the molecule is CCc1c(CCCC(F)(F)F)oc2c(N3CCNCC3)nc(N)nc12. The zero-order valence-corrected chi connectivity index (χ0v) is 14.1. The quantitative estimate of drug-likeness (QED) is 0.856. The fourth-order valence-electron chi connectivity index (χ4n) is 3.18. The van der Waals surface area contributed by atoms with Gasteiger partial charge >= 0.3 is 6.18 Å². The van der Waals surface area contributed by atoms with E-state index in [0.29, 0.717) is 29.1 Å². The van der Waals surface area contributed by atoms with Gasteiger partial charge in [-0.25, -0.2) is 4.98 Å². The fourth-order valence-corrected chi connectivity index (χ4v) is 3.18. The third-order valence-electron chi connectivity index (χ3n) is 4.35. The molecule has 0 amide bonds. The second kappa shape index (κ2) is 7.07. The topological polar surface area (TPSA) is 80.2 Å². The number of rotatable bonds is 5. The molecule has 0 aliphatic carbocycles. The van der Waals surface area contributed by atoms with Crippen LogP contribution in [0.3, 0.4) is 0 Å². The van der Waals surface area contributed by atoms with Gasteiger partial charge in [-0.2, -0.15) is 18.2 Å². The number of fused-ring (bicyclic) bond motifs is 1. The van der Waals surface area contributed by atoms with Crippen molar-refractivity contribution in [1.82, 2.24) is 15.3 Å². The number of furan rings is 1. The van der Waals surface area contributed by atoms with Crippen molar-refractivity contribution in [1.29, 1.82) is 0 Å². The van der Waals surface area contributed by atoms with E-state index in [2.05, 4.69) is 20.2 Å². The highest BCUT2D eigenvalue weighted by Gasteiger charge is 2.28. The lowest BCUT2D eigenvalue weighted by molar-refractivity contribution is -0.135. The number of hydrogen-bond donors (Lipinski definition) is 2. The van der Waals surface area contributed by atoms with E-state index >= 15 is 0 Å². The summed E-state index contributed by atoms with van der Waals surface area (Å²) >= 11 is 0. The number of alkyl halides is 3. The Bertz CT molecular complexity index is 737. The number of aryl methyl sites for hydroxylation is 2. The van der Waals surface area contributed by atoms with Crippen LogP contribution in [0.4, 0.5) is 24.9 Å². The van der Waals surface area contributed by atoms with E-state index in [0.717, 1.165) is 31.7 Å². The van der Waals surface area contributed by atoms with Crippen LogP contribution in [0.1, 0.15) is 31.1 Å². The van der Waals surface area contributed by atoms with Crippen molar-refractivity contribution in [3.05, 3.63) is 11.3 Å². The molecule has 9 heteroatoms. The van der Waals surface area contributed by atoms with Crippen molar-refractivity contribution >= 4 is 22.9 Å². The summed E-state index contributed by atoms with van der Waals surface area (Å²) in [6.07, 6.45) is -4.16. The van der Waals surface area contributed by atoms with Crippen molar-refractivity contribution in [2.75, 3.05) is 36.8 Å². The molecule has 0 saturated carbocycles. The van der Waals surface area contributed by atoms with Crippen LogP contribution < -0.4 is 16.0 Å². The second-order valence-corrected chi connectivity index (χ2v) is 6.15. The number of nitrogen functional groups attached to an aromatic ring is 1. The predicted molar refractivity (Wildman–Crippen MR) is 89.7 cm³/mol. The van der Waals surface area contributed by atoms with Gasteiger partial charge in [0.1, 0.15) is 11.3 Å². The van der Waals surface area contributed by atoms with Gasteiger partial charge in [0.25, 0.3) is 0 Å². The van der Waals surface area contributed by atoms with Gasteiger partial charge in [0, 0.05) is 44.6 Å². The lowest BCUT2D eigenvalue weighted by Crippen LogP contribution is -2.44. The van der Waals surface area contributed by atoms with E-state index in [9.17, 15) is 13.2 Å². The van der Waals surface area contributed by atoms with Gasteiger partial charge in [0.15, 0.2) is 11.4 Å². The van der Waals surface area contributed by atoms with Crippen LogP contribution in [0.25, 0.3) is 11.1 Å². The van der Waals surface area contributed by atoms with Crippen LogP contribution in [0, 0.1) is 0 Å². The Hall–Kier alpha value is -2.03. The van der Waals surface area contributed by atoms with E-state index in [1.165, 1.54) is 0 Å². The first-order valence-electron chi connectivity index (χ1n) is 8.49. The highest BCUT2D eigenvalue weighted by Crippen LogP contribution is 2.33. The Morgan fingerprint density at radius 1 is 1.24 bits per heavy atom. The highest BCUT2D eigenvalue weighted by molar-refractivity contribution is 5.88. The van der Waals surface area contributed by atoms with Gasteiger partial charge in [0.05, 0.1) is 0 Å². The van der Waals surface area contributed by atoms with Crippen LogP contribution >= 0.6 is 0 Å². The molecule has 0 spiro atoms.